The van der Waals surface area contributed by atoms with Crippen LogP contribution in [-0.4, -0.2) is 39.0 Å². The number of ether oxygens (including phenoxy) is 1. The monoisotopic (exact) mass is 491 g/mol. The molecule has 0 aromatic carbocycles. The summed E-state index contributed by atoms with van der Waals surface area (Å²) in [6.45, 7) is 14.7. The molecule has 2 rings (SSSR count). The molecular formula is C30H53NO4. The predicted octanol–water partition coefficient (Wildman–Crippen LogP) is 6.36. The van der Waals surface area contributed by atoms with Gasteiger partial charge in [0.2, 0.25) is 5.91 Å². The van der Waals surface area contributed by atoms with E-state index in [1.54, 1.807) is 0 Å². The Labute approximate surface area is 214 Å². The van der Waals surface area contributed by atoms with Crippen molar-refractivity contribution in [3.05, 3.63) is 22.8 Å². The van der Waals surface area contributed by atoms with Gasteiger partial charge in [0.15, 0.2) is 0 Å². The molecule has 202 valence electrons. The number of aliphatic hydroxyl groups is 2. The van der Waals surface area contributed by atoms with Gasteiger partial charge in [-0.05, 0) is 108 Å². The van der Waals surface area contributed by atoms with E-state index in [2.05, 4.69) is 27.7 Å². The Hall–Kier alpha value is -1.17. The third kappa shape index (κ3) is 7.90. The van der Waals surface area contributed by atoms with Gasteiger partial charge in [0.05, 0.1) is 17.3 Å². The van der Waals surface area contributed by atoms with E-state index in [-0.39, 0.29) is 23.0 Å². The van der Waals surface area contributed by atoms with Gasteiger partial charge in [-0.2, -0.15) is 0 Å². The van der Waals surface area contributed by atoms with Crippen molar-refractivity contribution in [1.29, 1.82) is 0 Å². The van der Waals surface area contributed by atoms with Gasteiger partial charge in [0, 0.05) is 5.92 Å². The first-order valence-electron chi connectivity index (χ1n) is 14.0. The fourth-order valence-electron chi connectivity index (χ4n) is 6.13. The molecule has 35 heavy (non-hydrogen) atoms. The molecule has 1 fully saturated rings. The second-order valence-corrected chi connectivity index (χ2v) is 12.3. The quantitative estimate of drug-likeness (QED) is 0.246. The molecule has 1 amide bonds. The fourth-order valence-corrected chi connectivity index (χ4v) is 6.13. The standard InChI is InChI=1S/C30H53NO4/c1-8-30-24(5)23(4)26(32)20-25(30)15-19-29(7,35-30)18-10-13-21(2)12-9-16-28(6,34)17-11-14-22(3)27(31)33/h20-22,26,32,34H,8-19H2,1-7H3,(H2,31,33). The summed E-state index contributed by atoms with van der Waals surface area (Å²) in [4.78, 5) is 11.2. The number of hydrogen-bond acceptors (Lipinski definition) is 4. The molecule has 4 N–H and O–H groups in total. The Kier molecular flexibility index (Phi) is 10.6. The molecule has 2 aliphatic rings. The summed E-state index contributed by atoms with van der Waals surface area (Å²) in [6.07, 6.45) is 13.1. The number of amides is 1. The first-order chi connectivity index (χ1) is 16.3. The first-order valence-corrected chi connectivity index (χ1v) is 14.0. The van der Waals surface area contributed by atoms with Crippen LogP contribution in [0.1, 0.15) is 126 Å². The number of carbonyl (C=O) groups is 1. The van der Waals surface area contributed by atoms with Gasteiger partial charge in [-0.3, -0.25) is 4.79 Å². The van der Waals surface area contributed by atoms with Crippen molar-refractivity contribution in [1.82, 2.24) is 0 Å². The summed E-state index contributed by atoms with van der Waals surface area (Å²) < 4.78 is 6.92. The molecule has 5 heteroatoms. The molecule has 0 radical (unpaired) electrons. The molecule has 6 unspecified atom stereocenters. The zero-order valence-corrected chi connectivity index (χ0v) is 23.6. The van der Waals surface area contributed by atoms with Crippen LogP contribution in [0.3, 0.4) is 0 Å². The number of hydrogen-bond donors (Lipinski definition) is 3. The highest BCUT2D eigenvalue weighted by Gasteiger charge is 2.48. The highest BCUT2D eigenvalue weighted by atomic mass is 16.5. The zero-order valence-electron chi connectivity index (χ0n) is 23.6. The molecule has 0 saturated carbocycles. The van der Waals surface area contributed by atoms with E-state index in [1.807, 2.05) is 26.8 Å². The molecule has 0 aromatic rings. The van der Waals surface area contributed by atoms with Gasteiger partial charge in [-0.1, -0.05) is 46.5 Å². The van der Waals surface area contributed by atoms with Crippen LogP contribution in [0, 0.1) is 11.8 Å². The van der Waals surface area contributed by atoms with Crippen molar-refractivity contribution >= 4 is 5.91 Å². The first kappa shape index (κ1) is 30.1. The maximum atomic E-state index is 11.2. The van der Waals surface area contributed by atoms with E-state index >= 15 is 0 Å². The highest BCUT2D eigenvalue weighted by Crippen LogP contribution is 2.50. The summed E-state index contributed by atoms with van der Waals surface area (Å²) in [7, 11) is 0. The summed E-state index contributed by atoms with van der Waals surface area (Å²) in [5.74, 6) is 0.244. The number of fused-ring (bicyclic) bond motifs is 1. The molecule has 0 bridgehead atoms. The normalized spacial score (nSPS) is 30.3. The number of carbonyl (C=O) groups excluding carboxylic acids is 1. The minimum atomic E-state index is -0.669. The molecule has 1 heterocycles. The highest BCUT2D eigenvalue weighted by molar-refractivity contribution is 5.76. The Morgan fingerprint density at radius 2 is 1.80 bits per heavy atom. The van der Waals surface area contributed by atoms with Gasteiger partial charge in [-0.25, -0.2) is 0 Å². The SMILES string of the molecule is CCC12OC(C)(CCCC(C)CCCC(C)(O)CCCC(C)C(N)=O)CCC1=CC(O)C(C)=C2C. The third-order valence-corrected chi connectivity index (χ3v) is 9.01. The molecule has 0 aromatic heterocycles. The van der Waals surface area contributed by atoms with E-state index in [0.717, 1.165) is 69.8 Å². The van der Waals surface area contributed by atoms with Gasteiger partial charge < -0.3 is 20.7 Å². The molecule has 5 nitrogen and oxygen atoms in total. The van der Waals surface area contributed by atoms with E-state index in [1.165, 1.54) is 17.6 Å². The van der Waals surface area contributed by atoms with Crippen molar-refractivity contribution in [2.75, 3.05) is 0 Å². The predicted molar refractivity (Wildman–Crippen MR) is 144 cm³/mol. The molecule has 1 saturated heterocycles. The average Bonchev–Trinajstić information content (AvgIpc) is 2.78. The minimum Gasteiger partial charge on any atom is -0.390 e. The maximum absolute atomic E-state index is 11.2. The summed E-state index contributed by atoms with van der Waals surface area (Å²) in [5.41, 5.74) is 7.67. The van der Waals surface area contributed by atoms with Gasteiger partial charge in [0.1, 0.15) is 5.60 Å². The van der Waals surface area contributed by atoms with Crippen molar-refractivity contribution in [3.63, 3.8) is 0 Å². The lowest BCUT2D eigenvalue weighted by Crippen LogP contribution is -2.51. The van der Waals surface area contributed by atoms with E-state index in [4.69, 9.17) is 10.5 Å². The second-order valence-electron chi connectivity index (χ2n) is 12.3. The largest absolute Gasteiger partial charge is 0.390 e. The van der Waals surface area contributed by atoms with Crippen LogP contribution in [0.5, 0.6) is 0 Å². The molecule has 6 atom stereocenters. The summed E-state index contributed by atoms with van der Waals surface area (Å²) >= 11 is 0. The summed E-state index contributed by atoms with van der Waals surface area (Å²) in [6, 6.07) is 0. The van der Waals surface area contributed by atoms with Crippen LogP contribution in [0.25, 0.3) is 0 Å². The van der Waals surface area contributed by atoms with Crippen molar-refractivity contribution in [2.24, 2.45) is 17.6 Å². The lowest BCUT2D eigenvalue weighted by atomic mass is 9.70. The number of nitrogens with two attached hydrogens (primary N) is 1. The number of primary amides is 1. The number of aliphatic hydroxyl groups excluding tert-OH is 1. The van der Waals surface area contributed by atoms with Gasteiger partial charge in [-0.15, -0.1) is 0 Å². The second kappa shape index (κ2) is 12.4. The minimum absolute atomic E-state index is 0.121. The van der Waals surface area contributed by atoms with E-state index in [9.17, 15) is 15.0 Å². The maximum Gasteiger partial charge on any atom is 0.220 e. The fraction of sp³-hybridized carbons (Fsp3) is 0.833. The smallest absolute Gasteiger partial charge is 0.220 e. The van der Waals surface area contributed by atoms with Crippen LogP contribution >= 0.6 is 0 Å². The van der Waals surface area contributed by atoms with E-state index in [0.29, 0.717) is 12.3 Å². The van der Waals surface area contributed by atoms with Crippen LogP contribution < -0.4 is 5.73 Å². The Balaban J connectivity index is 1.76. The average molecular weight is 492 g/mol. The van der Waals surface area contributed by atoms with Crippen LogP contribution in [0.2, 0.25) is 0 Å². The Bertz CT molecular complexity index is 785. The van der Waals surface area contributed by atoms with Crippen molar-refractivity contribution in [3.8, 4) is 0 Å². The van der Waals surface area contributed by atoms with Crippen LogP contribution in [-0.2, 0) is 9.53 Å². The Morgan fingerprint density at radius 3 is 2.40 bits per heavy atom. The lowest BCUT2D eigenvalue weighted by molar-refractivity contribution is -0.144. The molecule has 1 aliphatic carbocycles. The topological polar surface area (TPSA) is 92.8 Å². The Morgan fingerprint density at radius 1 is 1.20 bits per heavy atom. The van der Waals surface area contributed by atoms with Gasteiger partial charge >= 0.3 is 0 Å². The molecule has 1 aliphatic heterocycles. The zero-order chi connectivity index (χ0) is 26.4. The van der Waals surface area contributed by atoms with E-state index < -0.39 is 11.7 Å². The number of rotatable bonds is 14. The summed E-state index contributed by atoms with van der Waals surface area (Å²) in [5, 5.41) is 21.1. The van der Waals surface area contributed by atoms with Gasteiger partial charge in [0.25, 0.3) is 0 Å². The van der Waals surface area contributed by atoms with Crippen molar-refractivity contribution < 1.29 is 19.7 Å². The lowest BCUT2D eigenvalue weighted by Gasteiger charge is -2.51. The third-order valence-electron chi connectivity index (χ3n) is 9.01. The molecule has 0 spiro atoms. The van der Waals surface area contributed by atoms with Crippen molar-refractivity contribution in [2.45, 2.75) is 148 Å². The van der Waals surface area contributed by atoms with Crippen LogP contribution in [0.4, 0.5) is 0 Å². The molecular weight excluding hydrogens is 438 g/mol. The van der Waals surface area contributed by atoms with Crippen LogP contribution in [0.15, 0.2) is 22.8 Å².